The van der Waals surface area contributed by atoms with Crippen LogP contribution in [0.1, 0.15) is 22.9 Å². The topological polar surface area (TPSA) is 81.2 Å². The SMILES string of the molecule is Cc1nc(CNCc2c(Cl)cccc2[N+](=O)[O-])oc1C. The van der Waals surface area contributed by atoms with Gasteiger partial charge in [0.2, 0.25) is 5.89 Å². The first-order valence-electron chi connectivity index (χ1n) is 6.04. The van der Waals surface area contributed by atoms with Gasteiger partial charge in [0.1, 0.15) is 5.76 Å². The molecule has 0 bridgehead atoms. The van der Waals surface area contributed by atoms with Gasteiger partial charge in [-0.05, 0) is 19.9 Å². The zero-order valence-corrected chi connectivity index (χ0v) is 11.9. The molecule has 106 valence electrons. The van der Waals surface area contributed by atoms with Gasteiger partial charge in [-0.15, -0.1) is 0 Å². The molecule has 1 aromatic carbocycles. The first-order chi connectivity index (χ1) is 9.49. The van der Waals surface area contributed by atoms with E-state index in [1.165, 1.54) is 6.07 Å². The Morgan fingerprint density at radius 2 is 2.15 bits per heavy atom. The molecule has 2 aromatic rings. The third-order valence-corrected chi connectivity index (χ3v) is 3.30. The molecule has 1 aromatic heterocycles. The van der Waals surface area contributed by atoms with Crippen LogP contribution in [0, 0.1) is 24.0 Å². The maximum atomic E-state index is 10.9. The molecule has 0 radical (unpaired) electrons. The van der Waals surface area contributed by atoms with Crippen LogP contribution in [0.5, 0.6) is 0 Å². The Morgan fingerprint density at radius 1 is 1.40 bits per heavy atom. The van der Waals surface area contributed by atoms with E-state index in [-0.39, 0.29) is 12.2 Å². The Labute approximate surface area is 120 Å². The van der Waals surface area contributed by atoms with E-state index in [9.17, 15) is 10.1 Å². The largest absolute Gasteiger partial charge is 0.444 e. The van der Waals surface area contributed by atoms with Gasteiger partial charge in [-0.3, -0.25) is 10.1 Å². The Balaban J connectivity index is 2.06. The molecule has 0 spiro atoms. The Hall–Kier alpha value is -1.92. The molecule has 20 heavy (non-hydrogen) atoms. The summed E-state index contributed by atoms with van der Waals surface area (Å²) in [6, 6.07) is 4.62. The highest BCUT2D eigenvalue weighted by Gasteiger charge is 2.16. The van der Waals surface area contributed by atoms with Crippen LogP contribution in [-0.2, 0) is 13.1 Å². The minimum absolute atomic E-state index is 0.00441. The maximum Gasteiger partial charge on any atom is 0.275 e. The van der Waals surface area contributed by atoms with Crippen LogP contribution in [0.3, 0.4) is 0 Å². The number of nitrogens with one attached hydrogen (secondary N) is 1. The molecule has 0 amide bonds. The van der Waals surface area contributed by atoms with Crippen molar-refractivity contribution in [2.24, 2.45) is 0 Å². The summed E-state index contributed by atoms with van der Waals surface area (Å²) in [5.41, 5.74) is 1.30. The van der Waals surface area contributed by atoms with E-state index in [1.54, 1.807) is 12.1 Å². The monoisotopic (exact) mass is 295 g/mol. The lowest BCUT2D eigenvalue weighted by atomic mass is 10.2. The van der Waals surface area contributed by atoms with Gasteiger partial charge in [0.05, 0.1) is 27.7 Å². The second-order valence-electron chi connectivity index (χ2n) is 4.35. The van der Waals surface area contributed by atoms with Crippen LogP contribution in [0.4, 0.5) is 5.69 Å². The van der Waals surface area contributed by atoms with Gasteiger partial charge >= 0.3 is 0 Å². The number of aryl methyl sites for hydroxylation is 2. The van der Waals surface area contributed by atoms with Crippen LogP contribution in [0.2, 0.25) is 5.02 Å². The van der Waals surface area contributed by atoms with E-state index in [4.69, 9.17) is 16.0 Å². The summed E-state index contributed by atoms with van der Waals surface area (Å²) < 4.78 is 5.42. The van der Waals surface area contributed by atoms with E-state index in [1.807, 2.05) is 13.8 Å². The van der Waals surface area contributed by atoms with Crippen molar-refractivity contribution in [3.05, 3.63) is 56.2 Å². The number of oxazole rings is 1. The van der Waals surface area contributed by atoms with Gasteiger partial charge in [0, 0.05) is 12.6 Å². The molecule has 0 aliphatic heterocycles. The lowest BCUT2D eigenvalue weighted by Crippen LogP contribution is -2.14. The highest BCUT2D eigenvalue weighted by Crippen LogP contribution is 2.26. The van der Waals surface area contributed by atoms with Crippen LogP contribution in [-0.4, -0.2) is 9.91 Å². The van der Waals surface area contributed by atoms with Gasteiger partial charge in [0.15, 0.2) is 0 Å². The van der Waals surface area contributed by atoms with Crippen molar-refractivity contribution >= 4 is 17.3 Å². The fourth-order valence-electron chi connectivity index (χ4n) is 1.80. The van der Waals surface area contributed by atoms with Gasteiger partial charge < -0.3 is 9.73 Å². The molecule has 2 rings (SSSR count). The van der Waals surface area contributed by atoms with Crippen LogP contribution < -0.4 is 5.32 Å². The lowest BCUT2D eigenvalue weighted by Gasteiger charge is -2.05. The first-order valence-corrected chi connectivity index (χ1v) is 6.42. The smallest absolute Gasteiger partial charge is 0.275 e. The third kappa shape index (κ3) is 3.15. The number of nitro benzene ring substituents is 1. The van der Waals surface area contributed by atoms with E-state index in [2.05, 4.69) is 10.3 Å². The number of rotatable bonds is 5. The van der Waals surface area contributed by atoms with E-state index in [0.29, 0.717) is 23.0 Å². The van der Waals surface area contributed by atoms with Crippen molar-refractivity contribution in [2.45, 2.75) is 26.9 Å². The molecule has 0 fully saturated rings. The summed E-state index contributed by atoms with van der Waals surface area (Å²) >= 11 is 6.00. The summed E-state index contributed by atoms with van der Waals surface area (Å²) in [5, 5.41) is 14.4. The highest BCUT2D eigenvalue weighted by atomic mass is 35.5. The summed E-state index contributed by atoms with van der Waals surface area (Å²) in [7, 11) is 0. The summed E-state index contributed by atoms with van der Waals surface area (Å²) in [4.78, 5) is 14.7. The fourth-order valence-corrected chi connectivity index (χ4v) is 2.04. The maximum absolute atomic E-state index is 10.9. The Morgan fingerprint density at radius 3 is 2.75 bits per heavy atom. The fraction of sp³-hybridized carbons (Fsp3) is 0.308. The number of halogens is 1. The van der Waals surface area contributed by atoms with Gasteiger partial charge in [-0.25, -0.2) is 4.98 Å². The minimum Gasteiger partial charge on any atom is -0.444 e. The molecule has 7 heteroatoms. The van der Waals surface area contributed by atoms with Crippen LogP contribution in [0.15, 0.2) is 22.6 Å². The number of aromatic nitrogens is 1. The standard InChI is InChI=1S/C13H14ClN3O3/c1-8-9(2)20-13(16-8)7-15-6-10-11(14)4-3-5-12(10)17(18)19/h3-5,15H,6-7H2,1-2H3. The molecular formula is C13H14ClN3O3. The third-order valence-electron chi connectivity index (χ3n) is 2.94. The Bertz CT molecular complexity index is 620. The number of hydrogen-bond donors (Lipinski definition) is 1. The minimum atomic E-state index is -0.442. The molecule has 1 N–H and O–H groups in total. The molecule has 6 nitrogen and oxygen atoms in total. The molecule has 1 heterocycles. The number of benzene rings is 1. The second-order valence-corrected chi connectivity index (χ2v) is 4.75. The van der Waals surface area contributed by atoms with Crippen molar-refractivity contribution in [3.8, 4) is 0 Å². The van der Waals surface area contributed by atoms with Crippen molar-refractivity contribution < 1.29 is 9.34 Å². The molecule has 0 saturated heterocycles. The quantitative estimate of drug-likeness (QED) is 0.677. The molecular weight excluding hydrogens is 282 g/mol. The molecule has 0 aliphatic rings. The lowest BCUT2D eigenvalue weighted by molar-refractivity contribution is -0.385. The van der Waals surface area contributed by atoms with Crippen LogP contribution in [0.25, 0.3) is 0 Å². The number of hydrogen-bond acceptors (Lipinski definition) is 5. The molecule has 0 aliphatic carbocycles. The predicted molar refractivity (Wildman–Crippen MR) is 74.6 cm³/mol. The average molecular weight is 296 g/mol. The van der Waals surface area contributed by atoms with E-state index in [0.717, 1.165) is 11.5 Å². The van der Waals surface area contributed by atoms with Gasteiger partial charge in [-0.1, -0.05) is 17.7 Å². The van der Waals surface area contributed by atoms with E-state index >= 15 is 0 Å². The molecule has 0 atom stereocenters. The van der Waals surface area contributed by atoms with Crippen molar-refractivity contribution in [1.82, 2.24) is 10.3 Å². The van der Waals surface area contributed by atoms with Gasteiger partial charge in [0.25, 0.3) is 5.69 Å². The predicted octanol–water partition coefficient (Wildman–Crippen LogP) is 3.14. The highest BCUT2D eigenvalue weighted by molar-refractivity contribution is 6.31. The van der Waals surface area contributed by atoms with E-state index < -0.39 is 4.92 Å². The number of nitro groups is 1. The summed E-state index contributed by atoms with van der Waals surface area (Å²) in [5.74, 6) is 1.32. The van der Waals surface area contributed by atoms with Crippen molar-refractivity contribution in [1.29, 1.82) is 0 Å². The average Bonchev–Trinajstić information content (AvgIpc) is 2.70. The van der Waals surface area contributed by atoms with Crippen molar-refractivity contribution in [3.63, 3.8) is 0 Å². The summed E-state index contributed by atoms with van der Waals surface area (Å²) in [6.45, 7) is 4.36. The zero-order valence-electron chi connectivity index (χ0n) is 11.1. The summed E-state index contributed by atoms with van der Waals surface area (Å²) in [6.07, 6.45) is 0. The molecule has 0 unspecified atom stereocenters. The van der Waals surface area contributed by atoms with Crippen LogP contribution >= 0.6 is 11.6 Å². The zero-order chi connectivity index (χ0) is 14.7. The van der Waals surface area contributed by atoms with Gasteiger partial charge in [-0.2, -0.15) is 0 Å². The van der Waals surface area contributed by atoms with Crippen molar-refractivity contribution in [2.75, 3.05) is 0 Å². The molecule has 0 saturated carbocycles. The number of nitrogens with zero attached hydrogens (tertiary/aromatic N) is 2. The Kier molecular flexibility index (Phi) is 4.36. The first kappa shape index (κ1) is 14.5. The normalized spacial score (nSPS) is 10.8. The second kappa shape index (κ2) is 6.02.